The van der Waals surface area contributed by atoms with Crippen molar-refractivity contribution in [2.45, 2.75) is 30.9 Å². The molecule has 0 spiro atoms. The quantitative estimate of drug-likeness (QED) is 0.827. The number of hydrogen-bond acceptors (Lipinski definition) is 5. The van der Waals surface area contributed by atoms with Gasteiger partial charge in [0.25, 0.3) is 10.1 Å². The average Bonchev–Trinajstić information content (AvgIpc) is 2.33. The lowest BCUT2D eigenvalue weighted by atomic mass is 10.1. The standard InChI is InChI=1S/C11H13FO5S/c1-7-2-3-10(8(4-7)5-13)18(14,15)17-11-9(12)6-16-11/h2-4,9,11,13H,5-6H2,1H3. The predicted octanol–water partition coefficient (Wildman–Crippen LogP) is 0.887. The minimum absolute atomic E-state index is 0.166. The van der Waals surface area contributed by atoms with Crippen LogP contribution in [0.4, 0.5) is 4.39 Å². The van der Waals surface area contributed by atoms with Crippen molar-refractivity contribution in [3.8, 4) is 0 Å². The van der Waals surface area contributed by atoms with Crippen LogP contribution in [0.15, 0.2) is 23.1 Å². The smallest absolute Gasteiger partial charge is 0.299 e. The van der Waals surface area contributed by atoms with Gasteiger partial charge in [0.2, 0.25) is 6.29 Å². The van der Waals surface area contributed by atoms with E-state index in [1.807, 2.05) is 0 Å². The lowest BCUT2D eigenvalue weighted by molar-refractivity contribution is -0.218. The lowest BCUT2D eigenvalue weighted by Crippen LogP contribution is -2.44. The summed E-state index contributed by atoms with van der Waals surface area (Å²) in [5.74, 6) is 0. The number of hydrogen-bond donors (Lipinski definition) is 1. The summed E-state index contributed by atoms with van der Waals surface area (Å²) in [6.45, 7) is 1.16. The Kier molecular flexibility index (Phi) is 3.67. The molecule has 1 N–H and O–H groups in total. The third kappa shape index (κ3) is 2.54. The van der Waals surface area contributed by atoms with E-state index >= 15 is 0 Å². The molecule has 0 saturated carbocycles. The Morgan fingerprint density at radius 1 is 1.56 bits per heavy atom. The Labute approximate surface area is 104 Å². The van der Waals surface area contributed by atoms with Gasteiger partial charge in [0.1, 0.15) is 0 Å². The highest BCUT2D eigenvalue weighted by Gasteiger charge is 2.38. The first kappa shape index (κ1) is 13.4. The second-order valence-corrected chi connectivity index (χ2v) is 5.58. The zero-order valence-electron chi connectivity index (χ0n) is 9.67. The summed E-state index contributed by atoms with van der Waals surface area (Å²) in [7, 11) is -4.14. The van der Waals surface area contributed by atoms with Crippen molar-refractivity contribution in [1.29, 1.82) is 0 Å². The molecular weight excluding hydrogens is 263 g/mol. The second-order valence-electron chi connectivity index (χ2n) is 4.04. The molecule has 2 unspecified atom stereocenters. The molecule has 0 aliphatic carbocycles. The number of aliphatic hydroxyl groups excluding tert-OH is 1. The Morgan fingerprint density at radius 2 is 2.28 bits per heavy atom. The van der Waals surface area contributed by atoms with Gasteiger partial charge in [-0.2, -0.15) is 8.42 Å². The van der Waals surface area contributed by atoms with E-state index < -0.39 is 29.2 Å². The Morgan fingerprint density at radius 3 is 2.78 bits per heavy atom. The van der Waals surface area contributed by atoms with E-state index in [0.717, 1.165) is 5.56 Å². The van der Waals surface area contributed by atoms with Crippen molar-refractivity contribution < 1.29 is 26.8 Å². The Balaban J connectivity index is 2.29. The summed E-state index contributed by atoms with van der Waals surface area (Å²) < 4.78 is 46.0. The van der Waals surface area contributed by atoms with Crippen LogP contribution in [-0.4, -0.2) is 32.6 Å². The summed E-state index contributed by atoms with van der Waals surface area (Å²) in [5, 5.41) is 9.14. The van der Waals surface area contributed by atoms with E-state index in [9.17, 15) is 12.8 Å². The van der Waals surface area contributed by atoms with Crippen molar-refractivity contribution >= 4 is 10.1 Å². The number of ether oxygens (including phenoxy) is 1. The molecule has 1 aliphatic rings. The maximum atomic E-state index is 12.9. The van der Waals surface area contributed by atoms with Gasteiger partial charge in [0.05, 0.1) is 18.1 Å². The zero-order valence-corrected chi connectivity index (χ0v) is 10.5. The number of halogens is 1. The molecule has 1 aromatic rings. The van der Waals surface area contributed by atoms with E-state index in [2.05, 4.69) is 8.92 Å². The summed E-state index contributed by atoms with van der Waals surface area (Å²) in [4.78, 5) is -0.168. The number of aryl methyl sites for hydroxylation is 1. The van der Waals surface area contributed by atoms with Crippen molar-refractivity contribution in [3.63, 3.8) is 0 Å². The largest absolute Gasteiger partial charge is 0.392 e. The van der Waals surface area contributed by atoms with E-state index in [1.54, 1.807) is 13.0 Å². The molecule has 7 heteroatoms. The van der Waals surface area contributed by atoms with Crippen molar-refractivity contribution in [3.05, 3.63) is 29.3 Å². The molecule has 100 valence electrons. The minimum Gasteiger partial charge on any atom is -0.392 e. The van der Waals surface area contributed by atoms with E-state index in [4.69, 9.17) is 5.11 Å². The molecule has 1 fully saturated rings. The third-order valence-electron chi connectivity index (χ3n) is 2.59. The molecule has 5 nitrogen and oxygen atoms in total. The normalized spacial score (nSPS) is 23.7. The van der Waals surface area contributed by atoms with Gasteiger partial charge in [-0.1, -0.05) is 17.7 Å². The van der Waals surface area contributed by atoms with Gasteiger partial charge < -0.3 is 9.84 Å². The van der Waals surface area contributed by atoms with Gasteiger partial charge in [-0.05, 0) is 18.6 Å². The van der Waals surface area contributed by atoms with Gasteiger partial charge in [-0.3, -0.25) is 0 Å². The van der Waals surface area contributed by atoms with Gasteiger partial charge in [0.15, 0.2) is 6.17 Å². The second kappa shape index (κ2) is 4.93. The van der Waals surface area contributed by atoms with Crippen LogP contribution < -0.4 is 0 Å². The first-order valence-electron chi connectivity index (χ1n) is 5.33. The van der Waals surface area contributed by atoms with Crippen molar-refractivity contribution in [2.24, 2.45) is 0 Å². The van der Waals surface area contributed by atoms with Crippen LogP contribution in [0.25, 0.3) is 0 Å². The highest BCUT2D eigenvalue weighted by Crippen LogP contribution is 2.25. The van der Waals surface area contributed by atoms with Crippen LogP contribution in [0.1, 0.15) is 11.1 Å². The molecular formula is C11H13FO5S. The topological polar surface area (TPSA) is 72.8 Å². The van der Waals surface area contributed by atoms with Gasteiger partial charge >= 0.3 is 0 Å². The Hall–Kier alpha value is -1.02. The van der Waals surface area contributed by atoms with Crippen molar-refractivity contribution in [1.82, 2.24) is 0 Å². The molecule has 0 bridgehead atoms. The highest BCUT2D eigenvalue weighted by molar-refractivity contribution is 7.86. The van der Waals surface area contributed by atoms with Crippen LogP contribution in [0.5, 0.6) is 0 Å². The molecule has 0 amide bonds. The number of alkyl halides is 1. The molecule has 18 heavy (non-hydrogen) atoms. The fourth-order valence-corrected chi connectivity index (χ4v) is 2.80. The SMILES string of the molecule is Cc1ccc(S(=O)(=O)OC2OCC2F)c(CO)c1. The maximum Gasteiger partial charge on any atom is 0.299 e. The first-order valence-corrected chi connectivity index (χ1v) is 6.74. The van der Waals surface area contributed by atoms with E-state index in [0.29, 0.717) is 0 Å². The van der Waals surface area contributed by atoms with Crippen LogP contribution in [0.3, 0.4) is 0 Å². The van der Waals surface area contributed by atoms with Crippen LogP contribution in [-0.2, 0) is 25.6 Å². The summed E-state index contributed by atoms with van der Waals surface area (Å²) in [6, 6.07) is 4.43. The van der Waals surface area contributed by atoms with E-state index in [-0.39, 0.29) is 17.1 Å². The fourth-order valence-electron chi connectivity index (χ4n) is 1.59. The predicted molar refractivity (Wildman–Crippen MR) is 60.0 cm³/mol. The van der Waals surface area contributed by atoms with Gasteiger partial charge in [0, 0.05) is 0 Å². The number of rotatable bonds is 4. The zero-order chi connectivity index (χ0) is 13.3. The molecule has 0 aromatic heterocycles. The minimum atomic E-state index is -4.14. The molecule has 2 atom stereocenters. The summed E-state index contributed by atoms with van der Waals surface area (Å²) in [6.07, 6.45) is -2.83. The third-order valence-corrected chi connectivity index (χ3v) is 3.97. The molecule has 2 rings (SSSR count). The average molecular weight is 276 g/mol. The lowest BCUT2D eigenvalue weighted by Gasteiger charge is -2.29. The molecule has 1 aliphatic heterocycles. The molecule has 1 saturated heterocycles. The van der Waals surface area contributed by atoms with Crippen LogP contribution >= 0.6 is 0 Å². The van der Waals surface area contributed by atoms with Crippen molar-refractivity contribution in [2.75, 3.05) is 6.61 Å². The summed E-state index contributed by atoms with van der Waals surface area (Å²) >= 11 is 0. The Bertz CT molecular complexity index is 542. The maximum absolute atomic E-state index is 12.9. The molecule has 1 heterocycles. The molecule has 0 radical (unpaired) electrons. The number of benzene rings is 1. The van der Waals surface area contributed by atoms with Gasteiger partial charge in [-0.15, -0.1) is 0 Å². The fraction of sp³-hybridized carbons (Fsp3) is 0.455. The molecule has 1 aromatic carbocycles. The monoisotopic (exact) mass is 276 g/mol. The van der Waals surface area contributed by atoms with Crippen LogP contribution in [0.2, 0.25) is 0 Å². The summed E-state index contributed by atoms with van der Waals surface area (Å²) in [5.41, 5.74) is 1.02. The first-order chi connectivity index (χ1) is 8.44. The number of aliphatic hydroxyl groups is 1. The van der Waals surface area contributed by atoms with Crippen LogP contribution in [0, 0.1) is 6.92 Å². The van der Waals surface area contributed by atoms with Gasteiger partial charge in [-0.25, -0.2) is 8.57 Å². The van der Waals surface area contributed by atoms with E-state index in [1.165, 1.54) is 12.1 Å². The highest BCUT2D eigenvalue weighted by atomic mass is 32.2.